The summed E-state index contributed by atoms with van der Waals surface area (Å²) < 4.78 is 5.21. The smallest absolute Gasteiger partial charge is 0.410 e. The number of amides is 1. The predicted molar refractivity (Wildman–Crippen MR) is 57.3 cm³/mol. The number of hydrogen-bond donors (Lipinski definition) is 0. The molecule has 4 heteroatoms. The van der Waals surface area contributed by atoms with E-state index in [-0.39, 0.29) is 6.09 Å². The largest absolute Gasteiger partial charge is 0.444 e. The van der Waals surface area contributed by atoms with Crippen LogP contribution in [-0.2, 0) is 4.74 Å². The summed E-state index contributed by atoms with van der Waals surface area (Å²) in [7, 11) is 0. The van der Waals surface area contributed by atoms with E-state index in [4.69, 9.17) is 4.74 Å². The lowest BCUT2D eigenvalue weighted by Gasteiger charge is -2.25. The molecule has 3 nitrogen and oxygen atoms in total. The standard InChI is InChI=1S/C9H18BrNO2/c1-5-11(7-6-10)8(12)13-9(2,3)4/h5-7H2,1-4H3. The van der Waals surface area contributed by atoms with E-state index in [1.165, 1.54) is 0 Å². The molecule has 0 aliphatic carbocycles. The number of hydrogen-bond acceptors (Lipinski definition) is 2. The van der Waals surface area contributed by atoms with E-state index in [9.17, 15) is 4.79 Å². The van der Waals surface area contributed by atoms with Crippen LogP contribution >= 0.6 is 15.9 Å². The van der Waals surface area contributed by atoms with Crippen molar-refractivity contribution in [3.63, 3.8) is 0 Å². The molecule has 0 N–H and O–H groups in total. The summed E-state index contributed by atoms with van der Waals surface area (Å²) in [5, 5.41) is 0.778. The topological polar surface area (TPSA) is 29.5 Å². The Morgan fingerprint density at radius 1 is 1.46 bits per heavy atom. The van der Waals surface area contributed by atoms with E-state index in [0.29, 0.717) is 13.1 Å². The Hall–Kier alpha value is -0.250. The van der Waals surface area contributed by atoms with Gasteiger partial charge in [0.2, 0.25) is 0 Å². The van der Waals surface area contributed by atoms with Gasteiger partial charge in [0.25, 0.3) is 0 Å². The zero-order chi connectivity index (χ0) is 10.5. The zero-order valence-electron chi connectivity index (χ0n) is 8.76. The summed E-state index contributed by atoms with van der Waals surface area (Å²) >= 11 is 3.29. The van der Waals surface area contributed by atoms with Gasteiger partial charge in [0.05, 0.1) is 0 Å². The van der Waals surface area contributed by atoms with Crippen LogP contribution in [0.3, 0.4) is 0 Å². The fourth-order valence-electron chi connectivity index (χ4n) is 0.807. The van der Waals surface area contributed by atoms with Gasteiger partial charge in [0.1, 0.15) is 5.60 Å². The molecule has 0 saturated carbocycles. The van der Waals surface area contributed by atoms with Gasteiger partial charge >= 0.3 is 6.09 Å². The van der Waals surface area contributed by atoms with Crippen LogP contribution in [0.5, 0.6) is 0 Å². The highest BCUT2D eigenvalue weighted by molar-refractivity contribution is 9.09. The van der Waals surface area contributed by atoms with Crippen molar-refractivity contribution >= 4 is 22.0 Å². The maximum Gasteiger partial charge on any atom is 0.410 e. The lowest BCUT2D eigenvalue weighted by molar-refractivity contribution is 0.0273. The van der Waals surface area contributed by atoms with Crippen molar-refractivity contribution in [3.8, 4) is 0 Å². The molecule has 0 aliphatic heterocycles. The minimum absolute atomic E-state index is 0.241. The van der Waals surface area contributed by atoms with Crippen molar-refractivity contribution in [1.82, 2.24) is 4.90 Å². The molecule has 0 heterocycles. The number of ether oxygens (including phenoxy) is 1. The predicted octanol–water partition coefficient (Wildman–Crippen LogP) is 2.64. The highest BCUT2D eigenvalue weighted by Crippen LogP contribution is 2.09. The first-order valence-corrected chi connectivity index (χ1v) is 5.56. The second-order valence-corrected chi connectivity index (χ2v) is 4.54. The van der Waals surface area contributed by atoms with Crippen LogP contribution in [0, 0.1) is 0 Å². The number of rotatable bonds is 3. The van der Waals surface area contributed by atoms with Crippen molar-refractivity contribution in [2.75, 3.05) is 18.4 Å². The Morgan fingerprint density at radius 2 is 2.00 bits per heavy atom. The maximum atomic E-state index is 11.5. The molecule has 0 fully saturated rings. The van der Waals surface area contributed by atoms with Gasteiger partial charge in [0, 0.05) is 18.4 Å². The van der Waals surface area contributed by atoms with Gasteiger partial charge in [-0.15, -0.1) is 0 Å². The molecule has 0 saturated heterocycles. The van der Waals surface area contributed by atoms with Crippen LogP contribution in [0.25, 0.3) is 0 Å². The van der Waals surface area contributed by atoms with Crippen LogP contribution in [0.1, 0.15) is 27.7 Å². The van der Waals surface area contributed by atoms with Crippen LogP contribution in [0.4, 0.5) is 4.79 Å². The van der Waals surface area contributed by atoms with Gasteiger partial charge in [0.15, 0.2) is 0 Å². The van der Waals surface area contributed by atoms with Crippen molar-refractivity contribution in [3.05, 3.63) is 0 Å². The number of carbonyl (C=O) groups is 1. The monoisotopic (exact) mass is 251 g/mol. The molecule has 0 bridgehead atoms. The molecule has 78 valence electrons. The summed E-state index contributed by atoms with van der Waals surface area (Å²) in [6.45, 7) is 8.91. The highest BCUT2D eigenvalue weighted by atomic mass is 79.9. The second-order valence-electron chi connectivity index (χ2n) is 3.75. The third kappa shape index (κ3) is 5.91. The van der Waals surface area contributed by atoms with E-state index < -0.39 is 5.60 Å². The average Bonchev–Trinajstić information content (AvgIpc) is 1.96. The molecule has 0 aromatic heterocycles. The van der Waals surface area contributed by atoms with Crippen LogP contribution in [0.2, 0.25) is 0 Å². The van der Waals surface area contributed by atoms with Gasteiger partial charge in [-0.05, 0) is 27.7 Å². The molecule has 0 aromatic carbocycles. The quantitative estimate of drug-likeness (QED) is 0.722. The lowest BCUT2D eigenvalue weighted by Crippen LogP contribution is -2.37. The third-order valence-corrected chi connectivity index (χ3v) is 1.74. The van der Waals surface area contributed by atoms with Crippen LogP contribution in [0.15, 0.2) is 0 Å². The summed E-state index contributed by atoms with van der Waals surface area (Å²) in [6.07, 6.45) is -0.241. The molecular formula is C9H18BrNO2. The number of alkyl halides is 1. The number of halogens is 1. The van der Waals surface area contributed by atoms with Crippen LogP contribution in [-0.4, -0.2) is 35.0 Å². The fourth-order valence-corrected chi connectivity index (χ4v) is 1.24. The fraction of sp³-hybridized carbons (Fsp3) is 0.889. The van der Waals surface area contributed by atoms with E-state index in [1.54, 1.807) is 4.90 Å². The van der Waals surface area contributed by atoms with Crippen molar-refractivity contribution in [1.29, 1.82) is 0 Å². The first-order chi connectivity index (χ1) is 5.90. The van der Waals surface area contributed by atoms with E-state index in [1.807, 2.05) is 27.7 Å². The Morgan fingerprint density at radius 3 is 2.31 bits per heavy atom. The third-order valence-electron chi connectivity index (χ3n) is 1.39. The average molecular weight is 252 g/mol. The molecule has 1 amide bonds. The minimum atomic E-state index is -0.406. The number of carbonyl (C=O) groups excluding carboxylic acids is 1. The molecule has 0 rings (SSSR count). The summed E-state index contributed by atoms with van der Waals surface area (Å²) in [5.41, 5.74) is -0.406. The molecular weight excluding hydrogens is 234 g/mol. The van der Waals surface area contributed by atoms with Crippen molar-refractivity contribution in [2.24, 2.45) is 0 Å². The van der Waals surface area contributed by atoms with Crippen LogP contribution < -0.4 is 0 Å². The molecule has 0 unspecified atom stereocenters. The van der Waals surface area contributed by atoms with E-state index in [2.05, 4.69) is 15.9 Å². The maximum absolute atomic E-state index is 11.5. The lowest BCUT2D eigenvalue weighted by atomic mass is 10.2. The molecule has 0 atom stereocenters. The van der Waals surface area contributed by atoms with Gasteiger partial charge in [-0.2, -0.15) is 0 Å². The Balaban J connectivity index is 4.06. The SMILES string of the molecule is CCN(CCBr)C(=O)OC(C)(C)C. The highest BCUT2D eigenvalue weighted by Gasteiger charge is 2.20. The Bertz CT molecular complexity index is 165. The molecule has 0 radical (unpaired) electrons. The Labute approximate surface area is 88.6 Å². The van der Waals surface area contributed by atoms with E-state index in [0.717, 1.165) is 5.33 Å². The normalized spacial score (nSPS) is 11.2. The first kappa shape index (κ1) is 12.8. The van der Waals surface area contributed by atoms with Gasteiger partial charge in [-0.3, -0.25) is 0 Å². The van der Waals surface area contributed by atoms with Gasteiger partial charge in [-0.25, -0.2) is 4.79 Å². The van der Waals surface area contributed by atoms with Crippen molar-refractivity contribution in [2.45, 2.75) is 33.3 Å². The summed E-state index contributed by atoms with van der Waals surface area (Å²) in [6, 6.07) is 0. The second kappa shape index (κ2) is 5.47. The molecule has 0 aliphatic rings. The number of nitrogens with zero attached hydrogens (tertiary/aromatic N) is 1. The summed E-state index contributed by atoms with van der Waals surface area (Å²) in [4.78, 5) is 13.1. The summed E-state index contributed by atoms with van der Waals surface area (Å²) in [5.74, 6) is 0. The first-order valence-electron chi connectivity index (χ1n) is 4.44. The van der Waals surface area contributed by atoms with Crippen molar-refractivity contribution < 1.29 is 9.53 Å². The molecule has 0 spiro atoms. The minimum Gasteiger partial charge on any atom is -0.444 e. The van der Waals surface area contributed by atoms with Gasteiger partial charge < -0.3 is 9.64 Å². The van der Waals surface area contributed by atoms with Gasteiger partial charge in [-0.1, -0.05) is 15.9 Å². The zero-order valence-corrected chi connectivity index (χ0v) is 10.3. The van der Waals surface area contributed by atoms with E-state index >= 15 is 0 Å². The molecule has 13 heavy (non-hydrogen) atoms. The Kier molecular flexibility index (Phi) is 5.37. The molecule has 0 aromatic rings.